The number of hydrogen-bond donors (Lipinski definition) is 0. The van der Waals surface area contributed by atoms with E-state index in [0.717, 1.165) is 29.4 Å². The van der Waals surface area contributed by atoms with Crippen LogP contribution in [-0.2, 0) is 13.5 Å². The van der Waals surface area contributed by atoms with Gasteiger partial charge < -0.3 is 4.57 Å². The summed E-state index contributed by atoms with van der Waals surface area (Å²) in [5.74, 6) is 0. The lowest BCUT2D eigenvalue weighted by Crippen LogP contribution is -2.11. The molecular weight excluding hydrogens is 306 g/mol. The van der Waals surface area contributed by atoms with E-state index in [-0.39, 0.29) is 5.43 Å². The van der Waals surface area contributed by atoms with Crippen molar-refractivity contribution >= 4 is 10.9 Å². The van der Waals surface area contributed by atoms with Crippen LogP contribution in [0.4, 0.5) is 0 Å². The van der Waals surface area contributed by atoms with Gasteiger partial charge in [-0.3, -0.25) is 4.79 Å². The van der Waals surface area contributed by atoms with Crippen LogP contribution >= 0.6 is 0 Å². The molecule has 0 saturated carbocycles. The summed E-state index contributed by atoms with van der Waals surface area (Å²) in [7, 11) is 2.07. The van der Waals surface area contributed by atoms with Crippen molar-refractivity contribution in [2.75, 3.05) is 0 Å². The zero-order valence-electron chi connectivity index (χ0n) is 16.0. The average molecular weight is 340 g/mol. The van der Waals surface area contributed by atoms with Gasteiger partial charge in [0.15, 0.2) is 5.43 Å². The van der Waals surface area contributed by atoms with Crippen molar-refractivity contribution in [2.45, 2.75) is 71.1 Å². The van der Waals surface area contributed by atoms with Gasteiger partial charge in [-0.25, -0.2) is 0 Å². The van der Waals surface area contributed by atoms with Gasteiger partial charge in [-0.2, -0.15) is 0 Å². The van der Waals surface area contributed by atoms with E-state index in [0.29, 0.717) is 0 Å². The number of para-hydroxylation sites is 1. The average Bonchev–Trinajstić information content (AvgIpc) is 2.63. The molecule has 0 radical (unpaired) electrons. The lowest BCUT2D eigenvalue weighted by atomic mass is 10.1. The molecule has 2 heteroatoms. The largest absolute Gasteiger partial charge is 0.347 e. The third-order valence-corrected chi connectivity index (χ3v) is 4.95. The monoisotopic (exact) mass is 339 g/mol. The van der Waals surface area contributed by atoms with Crippen LogP contribution in [0.2, 0.25) is 0 Å². The first-order chi connectivity index (χ1) is 12.2. The molecule has 0 bridgehead atoms. The first kappa shape index (κ1) is 19.5. The van der Waals surface area contributed by atoms with Gasteiger partial charge in [0.2, 0.25) is 0 Å². The first-order valence-electron chi connectivity index (χ1n) is 9.96. The second-order valence-electron chi connectivity index (χ2n) is 7.00. The molecule has 0 unspecified atom stereocenters. The van der Waals surface area contributed by atoms with Gasteiger partial charge in [-0.15, -0.1) is 0 Å². The lowest BCUT2D eigenvalue weighted by Gasteiger charge is -2.12. The van der Waals surface area contributed by atoms with Crippen molar-refractivity contribution in [1.82, 2.24) is 4.57 Å². The van der Waals surface area contributed by atoms with Crippen molar-refractivity contribution in [3.05, 3.63) is 58.4 Å². The zero-order chi connectivity index (χ0) is 17.9. The Morgan fingerprint density at radius 2 is 1.60 bits per heavy atom. The van der Waals surface area contributed by atoms with E-state index in [1.54, 1.807) is 0 Å². The Hall–Kier alpha value is -1.83. The Bertz CT molecular complexity index is 726. The summed E-state index contributed by atoms with van der Waals surface area (Å²) in [5.41, 5.74) is 2.35. The smallest absolute Gasteiger partial charge is 0.189 e. The number of unbranched alkanes of at least 4 members (excludes halogenated alkanes) is 7. The molecule has 136 valence electrons. The molecule has 0 N–H and O–H groups in total. The summed E-state index contributed by atoms with van der Waals surface area (Å²) in [6, 6.07) is 9.71. The molecule has 0 aliphatic heterocycles. The van der Waals surface area contributed by atoms with Crippen LogP contribution in [0.1, 0.15) is 70.4 Å². The molecule has 1 heterocycles. The molecule has 2 nitrogen and oxygen atoms in total. The second-order valence-corrected chi connectivity index (χ2v) is 7.00. The van der Waals surface area contributed by atoms with E-state index in [2.05, 4.69) is 30.7 Å². The van der Waals surface area contributed by atoms with Gasteiger partial charge in [0.1, 0.15) is 0 Å². The van der Waals surface area contributed by atoms with Crippen LogP contribution < -0.4 is 5.43 Å². The number of aromatic nitrogens is 1. The van der Waals surface area contributed by atoms with E-state index in [4.69, 9.17) is 0 Å². The highest BCUT2D eigenvalue weighted by Gasteiger charge is 2.05. The molecule has 0 aliphatic rings. The van der Waals surface area contributed by atoms with Crippen molar-refractivity contribution in [1.29, 1.82) is 0 Å². The van der Waals surface area contributed by atoms with Crippen LogP contribution in [-0.4, -0.2) is 4.57 Å². The van der Waals surface area contributed by atoms with Crippen LogP contribution in [0.3, 0.4) is 0 Å². The van der Waals surface area contributed by atoms with E-state index < -0.39 is 0 Å². The standard InChI is InChI=1S/C23H33NO/c1-3-4-5-6-7-8-9-10-11-12-13-16-20-19-23(25)21-17-14-15-18-22(21)24(20)2/h6-7,14-15,17-19H,3-5,8-13,16H2,1-2H3. The highest BCUT2D eigenvalue weighted by molar-refractivity contribution is 5.79. The summed E-state index contributed by atoms with van der Waals surface area (Å²) < 4.78 is 2.18. The van der Waals surface area contributed by atoms with Crippen molar-refractivity contribution in [3.8, 4) is 0 Å². The maximum Gasteiger partial charge on any atom is 0.189 e. The number of fused-ring (bicyclic) bond motifs is 1. The predicted molar refractivity (Wildman–Crippen MR) is 109 cm³/mol. The number of aryl methyl sites for hydroxylation is 2. The molecule has 0 atom stereocenters. The van der Waals surface area contributed by atoms with Gasteiger partial charge in [-0.1, -0.05) is 63.3 Å². The van der Waals surface area contributed by atoms with Crippen LogP contribution in [0.15, 0.2) is 47.3 Å². The fraction of sp³-hybridized carbons (Fsp3) is 0.522. The van der Waals surface area contributed by atoms with Crippen molar-refractivity contribution in [2.24, 2.45) is 7.05 Å². The minimum absolute atomic E-state index is 0.151. The highest BCUT2D eigenvalue weighted by atomic mass is 16.1. The maximum atomic E-state index is 12.2. The number of rotatable bonds is 11. The third kappa shape index (κ3) is 6.19. The number of hydrogen-bond acceptors (Lipinski definition) is 1. The van der Waals surface area contributed by atoms with E-state index in [9.17, 15) is 4.79 Å². The third-order valence-electron chi connectivity index (χ3n) is 4.95. The molecule has 2 rings (SSSR count). The topological polar surface area (TPSA) is 22.0 Å². The molecule has 1 aromatic carbocycles. The van der Waals surface area contributed by atoms with E-state index >= 15 is 0 Å². The number of nitrogens with zero attached hydrogens (tertiary/aromatic N) is 1. The van der Waals surface area contributed by atoms with E-state index in [1.807, 2.05) is 30.3 Å². The minimum Gasteiger partial charge on any atom is -0.347 e. The summed E-state index contributed by atoms with van der Waals surface area (Å²) in [4.78, 5) is 12.2. The van der Waals surface area contributed by atoms with Gasteiger partial charge in [-0.05, 0) is 44.2 Å². The Labute approximate surface area is 152 Å². The fourth-order valence-corrected chi connectivity index (χ4v) is 3.35. The molecule has 2 aromatic rings. The molecule has 0 spiro atoms. The van der Waals surface area contributed by atoms with Crippen LogP contribution in [0.5, 0.6) is 0 Å². The molecular formula is C23H33NO. The molecule has 0 saturated heterocycles. The zero-order valence-corrected chi connectivity index (χ0v) is 16.0. The second kappa shape index (κ2) is 10.9. The van der Waals surface area contributed by atoms with Crippen molar-refractivity contribution in [3.63, 3.8) is 0 Å². The summed E-state index contributed by atoms with van der Waals surface area (Å²) in [5, 5.41) is 0.820. The first-order valence-corrected chi connectivity index (χ1v) is 9.96. The Morgan fingerprint density at radius 1 is 0.920 bits per heavy atom. The van der Waals surface area contributed by atoms with Gasteiger partial charge in [0.25, 0.3) is 0 Å². The van der Waals surface area contributed by atoms with Gasteiger partial charge in [0.05, 0.1) is 5.52 Å². The van der Waals surface area contributed by atoms with Gasteiger partial charge in [0, 0.05) is 24.2 Å². The molecule has 1 aromatic heterocycles. The number of allylic oxidation sites excluding steroid dienone is 2. The summed E-state index contributed by atoms with van der Waals surface area (Å²) in [6.07, 6.45) is 17.1. The fourth-order valence-electron chi connectivity index (χ4n) is 3.35. The van der Waals surface area contributed by atoms with Crippen LogP contribution in [0.25, 0.3) is 10.9 Å². The molecule has 0 aliphatic carbocycles. The summed E-state index contributed by atoms with van der Waals surface area (Å²) in [6.45, 7) is 2.24. The Morgan fingerprint density at radius 3 is 2.40 bits per heavy atom. The summed E-state index contributed by atoms with van der Waals surface area (Å²) >= 11 is 0. The minimum atomic E-state index is 0.151. The molecule has 25 heavy (non-hydrogen) atoms. The number of pyridine rings is 1. The number of benzene rings is 1. The Balaban J connectivity index is 1.69. The van der Waals surface area contributed by atoms with Gasteiger partial charge >= 0.3 is 0 Å². The normalized spacial score (nSPS) is 11.6. The SMILES string of the molecule is CCCCC=CCCCCCCCc1cc(=O)c2ccccc2n1C. The lowest BCUT2D eigenvalue weighted by molar-refractivity contribution is 0.608. The van der Waals surface area contributed by atoms with Crippen molar-refractivity contribution < 1.29 is 0 Å². The molecule has 0 fully saturated rings. The molecule has 0 amide bonds. The Kier molecular flexibility index (Phi) is 8.51. The predicted octanol–water partition coefficient (Wildman–Crippen LogP) is 6.17. The van der Waals surface area contributed by atoms with Crippen LogP contribution in [0, 0.1) is 0 Å². The quantitative estimate of drug-likeness (QED) is 0.354. The maximum absolute atomic E-state index is 12.2. The highest BCUT2D eigenvalue weighted by Crippen LogP contribution is 2.14. The van der Waals surface area contributed by atoms with E-state index in [1.165, 1.54) is 51.4 Å².